The third-order valence-corrected chi connectivity index (χ3v) is 5.32. The number of aromatic nitrogens is 2. The molecular formula is C21H25N3O3S. The van der Waals surface area contributed by atoms with Gasteiger partial charge >= 0.3 is 0 Å². The van der Waals surface area contributed by atoms with Crippen molar-refractivity contribution < 1.29 is 14.3 Å². The number of ether oxygens (including phenoxy) is 2. The third kappa shape index (κ3) is 4.66. The molecule has 3 aromatic rings. The van der Waals surface area contributed by atoms with Crippen LogP contribution in [0.2, 0.25) is 0 Å². The number of nitrogens with one attached hydrogen (secondary N) is 1. The minimum atomic E-state index is -0.326. The maximum absolute atomic E-state index is 12.8. The number of para-hydroxylation sites is 4. The summed E-state index contributed by atoms with van der Waals surface area (Å²) in [5.41, 5.74) is 2.63. The summed E-state index contributed by atoms with van der Waals surface area (Å²) in [5.74, 6) is 0.574. The molecule has 0 bridgehead atoms. The highest BCUT2D eigenvalue weighted by Crippen LogP contribution is 2.29. The summed E-state index contributed by atoms with van der Waals surface area (Å²) < 4.78 is 12.9. The second-order valence-electron chi connectivity index (χ2n) is 6.21. The molecule has 1 heterocycles. The highest BCUT2D eigenvalue weighted by atomic mass is 32.2. The zero-order valence-corrected chi connectivity index (χ0v) is 17.2. The molecule has 6 nitrogen and oxygen atoms in total. The Bertz CT molecular complexity index is 942. The number of hydrogen-bond donors (Lipinski definition) is 1. The smallest absolute Gasteiger partial charge is 0.237 e. The maximum atomic E-state index is 12.8. The predicted octanol–water partition coefficient (Wildman–Crippen LogP) is 4.20. The van der Waals surface area contributed by atoms with E-state index in [1.807, 2.05) is 62.4 Å². The van der Waals surface area contributed by atoms with Crippen molar-refractivity contribution >= 4 is 34.4 Å². The number of amides is 1. The molecule has 1 amide bonds. The van der Waals surface area contributed by atoms with E-state index < -0.39 is 0 Å². The van der Waals surface area contributed by atoms with Crippen molar-refractivity contribution in [2.45, 2.75) is 30.8 Å². The zero-order valence-electron chi connectivity index (χ0n) is 16.3. The molecule has 7 heteroatoms. The Morgan fingerprint density at radius 1 is 1.21 bits per heavy atom. The van der Waals surface area contributed by atoms with E-state index in [1.165, 1.54) is 11.8 Å². The number of carbonyl (C=O) groups is 1. The average molecular weight is 400 g/mol. The van der Waals surface area contributed by atoms with E-state index in [-0.39, 0.29) is 11.2 Å². The SMILES string of the molecule is CCOc1ccccc1NC(=O)C(C)Sc1nc2ccccc2n1CCOC. The summed E-state index contributed by atoms with van der Waals surface area (Å²) >= 11 is 1.44. The molecule has 148 valence electrons. The van der Waals surface area contributed by atoms with Crippen LogP contribution in [0.25, 0.3) is 11.0 Å². The number of benzene rings is 2. The lowest BCUT2D eigenvalue weighted by atomic mass is 10.3. The van der Waals surface area contributed by atoms with Crippen LogP contribution in [0.5, 0.6) is 5.75 Å². The first kappa shape index (κ1) is 20.2. The third-order valence-electron chi connectivity index (χ3n) is 4.23. The van der Waals surface area contributed by atoms with Crippen LogP contribution >= 0.6 is 11.8 Å². The van der Waals surface area contributed by atoms with Crippen molar-refractivity contribution in [2.75, 3.05) is 25.6 Å². The molecule has 0 spiro atoms. The molecule has 0 aliphatic rings. The molecule has 1 atom stereocenters. The van der Waals surface area contributed by atoms with Crippen LogP contribution in [0.3, 0.4) is 0 Å². The van der Waals surface area contributed by atoms with Crippen LogP contribution in [0.4, 0.5) is 5.69 Å². The van der Waals surface area contributed by atoms with Gasteiger partial charge in [0.15, 0.2) is 5.16 Å². The lowest BCUT2D eigenvalue weighted by molar-refractivity contribution is -0.115. The first-order chi connectivity index (χ1) is 13.6. The molecule has 1 N–H and O–H groups in total. The highest BCUT2D eigenvalue weighted by molar-refractivity contribution is 8.00. The second kappa shape index (κ2) is 9.61. The van der Waals surface area contributed by atoms with E-state index in [4.69, 9.17) is 14.5 Å². The molecule has 0 aliphatic carbocycles. The predicted molar refractivity (Wildman–Crippen MR) is 113 cm³/mol. The van der Waals surface area contributed by atoms with Crippen molar-refractivity contribution in [3.63, 3.8) is 0 Å². The second-order valence-corrected chi connectivity index (χ2v) is 7.51. The normalized spacial score (nSPS) is 12.1. The maximum Gasteiger partial charge on any atom is 0.237 e. The summed E-state index contributed by atoms with van der Waals surface area (Å²) in [7, 11) is 1.68. The van der Waals surface area contributed by atoms with Gasteiger partial charge in [0, 0.05) is 13.7 Å². The number of hydrogen-bond acceptors (Lipinski definition) is 5. The highest BCUT2D eigenvalue weighted by Gasteiger charge is 2.20. The minimum absolute atomic E-state index is 0.0949. The van der Waals surface area contributed by atoms with E-state index in [0.717, 1.165) is 16.2 Å². The van der Waals surface area contributed by atoms with Gasteiger partial charge in [-0.25, -0.2) is 4.98 Å². The molecular weight excluding hydrogens is 374 g/mol. The number of imidazole rings is 1. The Hall–Kier alpha value is -2.51. The topological polar surface area (TPSA) is 65.4 Å². The molecule has 0 fully saturated rings. The summed E-state index contributed by atoms with van der Waals surface area (Å²) in [4.78, 5) is 17.5. The van der Waals surface area contributed by atoms with Crippen molar-refractivity contribution in [1.29, 1.82) is 0 Å². The first-order valence-electron chi connectivity index (χ1n) is 9.27. The lowest BCUT2D eigenvalue weighted by Crippen LogP contribution is -2.23. The first-order valence-corrected chi connectivity index (χ1v) is 10.2. The average Bonchev–Trinajstić information content (AvgIpc) is 3.05. The largest absolute Gasteiger partial charge is 0.492 e. The van der Waals surface area contributed by atoms with E-state index in [1.54, 1.807) is 7.11 Å². The molecule has 0 aliphatic heterocycles. The zero-order chi connectivity index (χ0) is 19.9. The van der Waals surface area contributed by atoms with Crippen molar-refractivity contribution in [3.05, 3.63) is 48.5 Å². The van der Waals surface area contributed by atoms with Gasteiger partial charge in [0.2, 0.25) is 5.91 Å². The number of fused-ring (bicyclic) bond motifs is 1. The summed E-state index contributed by atoms with van der Waals surface area (Å²) in [5, 5.41) is 3.44. The Kier molecular flexibility index (Phi) is 6.95. The van der Waals surface area contributed by atoms with E-state index in [0.29, 0.717) is 31.2 Å². The molecule has 0 saturated heterocycles. The number of methoxy groups -OCH3 is 1. The van der Waals surface area contributed by atoms with Gasteiger partial charge in [-0.1, -0.05) is 36.0 Å². The molecule has 28 heavy (non-hydrogen) atoms. The van der Waals surface area contributed by atoms with Crippen molar-refractivity contribution in [2.24, 2.45) is 0 Å². The van der Waals surface area contributed by atoms with Crippen LogP contribution in [0.1, 0.15) is 13.8 Å². The number of nitrogens with zero attached hydrogens (tertiary/aromatic N) is 2. The molecule has 2 aromatic carbocycles. The summed E-state index contributed by atoms with van der Waals surface area (Å²) in [6.07, 6.45) is 0. The van der Waals surface area contributed by atoms with Gasteiger partial charge in [-0.3, -0.25) is 4.79 Å². The van der Waals surface area contributed by atoms with Gasteiger partial charge in [0.05, 0.1) is 35.2 Å². The molecule has 0 radical (unpaired) electrons. The number of carbonyl (C=O) groups excluding carboxylic acids is 1. The fraction of sp³-hybridized carbons (Fsp3) is 0.333. The van der Waals surface area contributed by atoms with Crippen LogP contribution in [-0.2, 0) is 16.1 Å². The van der Waals surface area contributed by atoms with Gasteiger partial charge in [0.25, 0.3) is 0 Å². The number of rotatable bonds is 9. The Balaban J connectivity index is 1.77. The van der Waals surface area contributed by atoms with Gasteiger partial charge in [-0.15, -0.1) is 0 Å². The van der Waals surface area contributed by atoms with Gasteiger partial charge in [-0.05, 0) is 38.1 Å². The lowest BCUT2D eigenvalue weighted by Gasteiger charge is -2.15. The Labute approximate surface area is 169 Å². The van der Waals surface area contributed by atoms with Crippen molar-refractivity contribution in [1.82, 2.24) is 9.55 Å². The van der Waals surface area contributed by atoms with Crippen LogP contribution in [-0.4, -0.2) is 41.0 Å². The fourth-order valence-electron chi connectivity index (χ4n) is 2.84. The fourth-order valence-corrected chi connectivity index (χ4v) is 3.79. The van der Waals surface area contributed by atoms with Crippen LogP contribution in [0, 0.1) is 0 Å². The van der Waals surface area contributed by atoms with Crippen molar-refractivity contribution in [3.8, 4) is 5.75 Å². The summed E-state index contributed by atoms with van der Waals surface area (Å²) in [6, 6.07) is 15.4. The summed E-state index contributed by atoms with van der Waals surface area (Å²) in [6.45, 7) is 5.60. The van der Waals surface area contributed by atoms with E-state index in [9.17, 15) is 4.79 Å². The van der Waals surface area contributed by atoms with Gasteiger partial charge < -0.3 is 19.4 Å². The molecule has 1 aromatic heterocycles. The Morgan fingerprint density at radius 2 is 1.96 bits per heavy atom. The minimum Gasteiger partial charge on any atom is -0.492 e. The molecule has 1 unspecified atom stereocenters. The van der Waals surface area contributed by atoms with E-state index >= 15 is 0 Å². The molecule has 0 saturated carbocycles. The Morgan fingerprint density at radius 3 is 2.75 bits per heavy atom. The van der Waals surface area contributed by atoms with Gasteiger partial charge in [-0.2, -0.15) is 0 Å². The van der Waals surface area contributed by atoms with Crippen LogP contribution < -0.4 is 10.1 Å². The monoisotopic (exact) mass is 399 g/mol. The van der Waals surface area contributed by atoms with E-state index in [2.05, 4.69) is 9.88 Å². The van der Waals surface area contributed by atoms with Gasteiger partial charge in [0.1, 0.15) is 5.75 Å². The quantitative estimate of drug-likeness (QED) is 0.546. The standard InChI is InChI=1S/C21H25N3O3S/c1-4-27-19-12-8-6-10-17(19)22-20(25)15(2)28-21-23-16-9-5-7-11-18(16)24(21)13-14-26-3/h5-12,15H,4,13-14H2,1-3H3,(H,22,25). The number of anilines is 1. The number of thioether (sulfide) groups is 1. The van der Waals surface area contributed by atoms with Crippen LogP contribution in [0.15, 0.2) is 53.7 Å². The molecule has 3 rings (SSSR count).